The van der Waals surface area contributed by atoms with Gasteiger partial charge >= 0.3 is 12.2 Å². The molecule has 0 bridgehead atoms. The molecule has 7 rings (SSSR count). The predicted octanol–water partition coefficient (Wildman–Crippen LogP) is 9.91. The first-order chi connectivity index (χ1) is 33.2. The Hall–Kier alpha value is -6.55. The zero-order valence-electron chi connectivity index (χ0n) is 38.6. The number of carbonyl (C=O) groups is 2. The molecule has 0 aromatic heterocycles. The Bertz CT molecular complexity index is 2470. The van der Waals surface area contributed by atoms with Gasteiger partial charge in [0.15, 0.2) is 0 Å². The van der Waals surface area contributed by atoms with E-state index in [9.17, 15) is 29.9 Å². The molecule has 1 saturated carbocycles. The lowest BCUT2D eigenvalue weighted by atomic mass is 9.55. The Labute approximate surface area is 397 Å². The van der Waals surface area contributed by atoms with Gasteiger partial charge in [0.2, 0.25) is 5.79 Å². The second-order valence-electron chi connectivity index (χ2n) is 17.3. The van der Waals surface area contributed by atoms with Gasteiger partial charge in [-0.05, 0) is 109 Å². The Morgan fingerprint density at radius 1 is 0.985 bits per heavy atom. The van der Waals surface area contributed by atoms with Crippen molar-refractivity contribution in [1.82, 2.24) is 10.2 Å². The van der Waals surface area contributed by atoms with Gasteiger partial charge < -0.3 is 39.3 Å². The van der Waals surface area contributed by atoms with Crippen molar-refractivity contribution in [3.05, 3.63) is 149 Å². The number of fused-ring (bicyclic) bond motifs is 3. The van der Waals surface area contributed by atoms with Crippen LogP contribution in [0.4, 0.5) is 15.3 Å². The summed E-state index contributed by atoms with van der Waals surface area (Å²) >= 11 is 0. The second kappa shape index (κ2) is 23.5. The van der Waals surface area contributed by atoms with Crippen molar-refractivity contribution < 1.29 is 48.5 Å². The van der Waals surface area contributed by atoms with E-state index in [0.717, 1.165) is 40.3 Å². The molecule has 0 saturated heterocycles. The van der Waals surface area contributed by atoms with Crippen LogP contribution < -0.4 is 14.8 Å². The zero-order valence-corrected chi connectivity index (χ0v) is 38.6. The fourth-order valence-electron chi connectivity index (χ4n) is 10.1. The highest BCUT2D eigenvalue weighted by molar-refractivity contribution is 6.03. The lowest BCUT2D eigenvalue weighted by molar-refractivity contribution is -0.384. The maximum Gasteiger partial charge on any atom is 0.412 e. The number of carbonyl (C=O) groups excluding carboxylic acids is 2. The molecule has 3 aliphatic rings. The molecule has 15 nitrogen and oxygen atoms in total. The van der Waals surface area contributed by atoms with Crippen molar-refractivity contribution in [2.24, 2.45) is 22.9 Å². The van der Waals surface area contributed by atoms with Crippen LogP contribution in [-0.2, 0) is 27.5 Å². The van der Waals surface area contributed by atoms with E-state index in [1.165, 1.54) is 12.1 Å². The minimum Gasteiger partial charge on any atom is -0.459 e. The number of amides is 2. The molecule has 15 heteroatoms. The van der Waals surface area contributed by atoms with Crippen LogP contribution in [0.3, 0.4) is 0 Å². The van der Waals surface area contributed by atoms with E-state index in [-0.39, 0.29) is 63.5 Å². The minimum absolute atomic E-state index is 0.00146. The van der Waals surface area contributed by atoms with Crippen LogP contribution in [0.5, 0.6) is 11.5 Å². The number of ether oxygens (including phenoxy) is 4. The van der Waals surface area contributed by atoms with Crippen LogP contribution in [0, 0.1) is 27.9 Å². The quantitative estimate of drug-likeness (QED) is 0.0278. The Kier molecular flexibility index (Phi) is 17.0. The van der Waals surface area contributed by atoms with E-state index in [1.807, 2.05) is 55.5 Å². The molecule has 4 aromatic carbocycles. The third kappa shape index (κ3) is 11.1. The van der Waals surface area contributed by atoms with Gasteiger partial charge in [0.25, 0.3) is 5.69 Å². The third-order valence-electron chi connectivity index (χ3n) is 13.1. The number of hydrogen-bond donors (Lipinski definition) is 3. The largest absolute Gasteiger partial charge is 0.459 e. The molecule has 1 heterocycles. The van der Waals surface area contributed by atoms with Gasteiger partial charge in [0.1, 0.15) is 24.1 Å². The summed E-state index contributed by atoms with van der Waals surface area (Å²) in [6, 6.07) is 24.4. The van der Waals surface area contributed by atoms with Crippen LogP contribution in [-0.4, -0.2) is 82.7 Å². The summed E-state index contributed by atoms with van der Waals surface area (Å²) in [5.41, 5.74) is 3.61. The highest BCUT2D eigenvalue weighted by atomic mass is 16.7. The summed E-state index contributed by atoms with van der Waals surface area (Å²) in [5, 5.41) is 41.0. The summed E-state index contributed by atoms with van der Waals surface area (Å²) in [5.74, 6) is -1.97. The predicted molar refractivity (Wildman–Crippen MR) is 258 cm³/mol. The number of unbranched alkanes of at least 4 members (excludes halogenated alkanes) is 2. The number of aliphatic hydroxyl groups excluding tert-OH is 2. The van der Waals surface area contributed by atoms with E-state index in [2.05, 4.69) is 24.6 Å². The van der Waals surface area contributed by atoms with Crippen molar-refractivity contribution in [2.45, 2.75) is 89.2 Å². The number of nitrogens with one attached hydrogen (secondary N) is 1. The van der Waals surface area contributed by atoms with Crippen LogP contribution in [0.25, 0.3) is 10.8 Å². The smallest absolute Gasteiger partial charge is 0.412 e. The SMILES string of the molecule is C=CCCOC(=O)N(Cc1cccc2ccccc12)C1CC(=NOCc2ccc([N+](=O)[O-])cc2)C2=CC(CCCCO)C(CCCCO)C3c4cc(OC(=O)NCC)ccc4OC1(OCC=C)C23. The molecule has 360 valence electrons. The van der Waals surface area contributed by atoms with Crippen LogP contribution >= 0.6 is 0 Å². The van der Waals surface area contributed by atoms with E-state index in [4.69, 9.17) is 28.9 Å². The number of nitrogens with zero attached hydrogens (tertiary/aromatic N) is 3. The molecule has 2 aliphatic carbocycles. The Morgan fingerprint density at radius 3 is 2.49 bits per heavy atom. The van der Waals surface area contributed by atoms with E-state index in [1.54, 1.807) is 41.3 Å². The normalized spacial score (nSPS) is 21.9. The third-order valence-corrected chi connectivity index (χ3v) is 13.1. The average molecular weight is 931 g/mol. The average Bonchev–Trinajstić information content (AvgIpc) is 3.34. The zero-order chi connectivity index (χ0) is 48.0. The first-order valence-corrected chi connectivity index (χ1v) is 23.6. The summed E-state index contributed by atoms with van der Waals surface area (Å²) < 4.78 is 26.4. The topological polar surface area (TPSA) is 192 Å². The fourth-order valence-corrected chi connectivity index (χ4v) is 10.1. The minimum atomic E-state index is -1.59. The number of nitro benzene ring substituents is 1. The molecule has 0 radical (unpaired) electrons. The number of non-ortho nitro benzene ring substituents is 1. The number of nitro groups is 1. The molecule has 68 heavy (non-hydrogen) atoms. The van der Waals surface area contributed by atoms with Crippen LogP contribution in [0.1, 0.15) is 80.9 Å². The first-order valence-electron chi connectivity index (χ1n) is 23.6. The molecular weight excluding hydrogens is 869 g/mol. The number of rotatable bonds is 23. The molecule has 6 atom stereocenters. The second-order valence-corrected chi connectivity index (χ2v) is 17.3. The van der Waals surface area contributed by atoms with Crippen molar-refractivity contribution in [3.8, 4) is 11.5 Å². The molecule has 4 aromatic rings. The lowest BCUT2D eigenvalue weighted by Gasteiger charge is -2.59. The standard InChI is InChI=1S/C53H62N4O11/c1-4-7-30-64-52(61)56(34-39-18-14-17-37-15-8-9-19-42(37)39)48-33-46(55-66-35-36-21-23-40(24-22-36)57(62)63)44-31-38(16-10-12-27-58)43(20-11-13-28-59)49-45-32-41(67-51(60)54-6-3)25-26-47(45)68-53(48,50(44)49)65-29-5-2/h4-5,8-9,14-15,17-19,21-26,31-32,38,43,48-50,58-59H,1-2,6-7,10-13,16,20,27-30,33-35H2,3H3,(H,54,60). The lowest BCUT2D eigenvalue weighted by Crippen LogP contribution is -2.70. The summed E-state index contributed by atoms with van der Waals surface area (Å²) in [7, 11) is 0. The van der Waals surface area contributed by atoms with Gasteiger partial charge in [-0.2, -0.15) is 0 Å². The van der Waals surface area contributed by atoms with E-state index >= 15 is 0 Å². The molecule has 2 amide bonds. The highest BCUT2D eigenvalue weighted by Gasteiger charge is 2.65. The van der Waals surface area contributed by atoms with Crippen molar-refractivity contribution in [2.75, 3.05) is 33.0 Å². The van der Waals surface area contributed by atoms with Gasteiger partial charge in [-0.1, -0.05) is 78.7 Å². The van der Waals surface area contributed by atoms with Gasteiger partial charge in [-0.25, -0.2) is 9.59 Å². The number of benzene rings is 4. The monoisotopic (exact) mass is 930 g/mol. The fraction of sp³-hybridized carbons (Fsp3) is 0.415. The van der Waals surface area contributed by atoms with Crippen LogP contribution in [0.2, 0.25) is 0 Å². The first kappa shape index (κ1) is 49.4. The molecule has 3 N–H and O–H groups in total. The molecule has 1 fully saturated rings. The molecular formula is C53H62N4O11. The Morgan fingerprint density at radius 2 is 1.75 bits per heavy atom. The molecule has 6 unspecified atom stereocenters. The maximum atomic E-state index is 15.0. The Balaban J connectivity index is 1.46. The summed E-state index contributed by atoms with van der Waals surface area (Å²) in [6.45, 7) is 10.3. The summed E-state index contributed by atoms with van der Waals surface area (Å²) in [6.07, 6.45) is 8.96. The van der Waals surface area contributed by atoms with Gasteiger partial charge in [-0.3, -0.25) is 15.0 Å². The molecule has 1 aliphatic heterocycles. The van der Waals surface area contributed by atoms with Gasteiger partial charge in [0, 0.05) is 49.8 Å². The number of aliphatic hydroxyl groups is 2. The van der Waals surface area contributed by atoms with Gasteiger partial charge in [-0.15, -0.1) is 13.2 Å². The van der Waals surface area contributed by atoms with Crippen LogP contribution in [0.15, 0.2) is 127 Å². The van der Waals surface area contributed by atoms with E-state index < -0.39 is 40.8 Å². The van der Waals surface area contributed by atoms with Crippen molar-refractivity contribution >= 4 is 34.4 Å². The van der Waals surface area contributed by atoms with Crippen molar-refractivity contribution in [3.63, 3.8) is 0 Å². The van der Waals surface area contributed by atoms with Crippen molar-refractivity contribution in [1.29, 1.82) is 0 Å². The number of allylic oxidation sites excluding steroid dienone is 1. The highest BCUT2D eigenvalue weighted by Crippen LogP contribution is 2.62. The number of hydrogen-bond acceptors (Lipinski definition) is 12. The summed E-state index contributed by atoms with van der Waals surface area (Å²) in [4.78, 5) is 46.7. The van der Waals surface area contributed by atoms with Gasteiger partial charge in [0.05, 0.1) is 36.3 Å². The number of oxime groups is 1. The van der Waals surface area contributed by atoms with E-state index in [0.29, 0.717) is 61.4 Å². The maximum absolute atomic E-state index is 15.0. The molecule has 0 spiro atoms.